The standard InChI is InChI=1S/C18H19N7O2/c1-11-23-14-10-22-16-13(2-6-20-16)15(14)17(24-11)25-8-3-12(4-9-25)27-18(26)21-7-5-19/h2,6,10,12H,3-4,7-9H2,1H3,(H,20,22)(H,21,26). The minimum atomic E-state index is -0.543. The van der Waals surface area contributed by atoms with Gasteiger partial charge in [0, 0.05) is 37.5 Å². The number of alkyl carbamates (subject to hydrolysis) is 1. The van der Waals surface area contributed by atoms with E-state index in [1.165, 1.54) is 0 Å². The minimum Gasteiger partial charge on any atom is -0.446 e. The topological polar surface area (TPSA) is 120 Å². The molecule has 3 aromatic heterocycles. The monoisotopic (exact) mass is 365 g/mol. The fourth-order valence-electron chi connectivity index (χ4n) is 3.44. The number of rotatable bonds is 3. The first-order chi connectivity index (χ1) is 13.2. The Bertz CT molecular complexity index is 1030. The van der Waals surface area contributed by atoms with Gasteiger partial charge in [0.2, 0.25) is 0 Å². The Morgan fingerprint density at radius 3 is 3.04 bits per heavy atom. The van der Waals surface area contributed by atoms with Gasteiger partial charge in [0.1, 0.15) is 29.9 Å². The van der Waals surface area contributed by atoms with Crippen molar-refractivity contribution in [2.24, 2.45) is 0 Å². The number of anilines is 1. The summed E-state index contributed by atoms with van der Waals surface area (Å²) in [5.74, 6) is 1.58. The van der Waals surface area contributed by atoms with Gasteiger partial charge in [-0.3, -0.25) is 0 Å². The van der Waals surface area contributed by atoms with Crippen molar-refractivity contribution in [2.75, 3.05) is 24.5 Å². The Kier molecular flexibility index (Phi) is 4.46. The summed E-state index contributed by atoms with van der Waals surface area (Å²) in [5.41, 5.74) is 1.63. The molecule has 0 aromatic carbocycles. The van der Waals surface area contributed by atoms with E-state index >= 15 is 0 Å². The van der Waals surface area contributed by atoms with Crippen molar-refractivity contribution in [2.45, 2.75) is 25.9 Å². The van der Waals surface area contributed by atoms with Crippen LogP contribution in [-0.4, -0.2) is 51.8 Å². The van der Waals surface area contributed by atoms with Crippen molar-refractivity contribution in [3.8, 4) is 6.07 Å². The van der Waals surface area contributed by atoms with Crippen LogP contribution in [0.2, 0.25) is 0 Å². The van der Waals surface area contributed by atoms with Crippen LogP contribution in [0.4, 0.5) is 10.6 Å². The first kappa shape index (κ1) is 17.0. The van der Waals surface area contributed by atoms with E-state index in [0.717, 1.165) is 40.8 Å². The molecule has 0 unspecified atom stereocenters. The van der Waals surface area contributed by atoms with Gasteiger partial charge in [-0.15, -0.1) is 0 Å². The predicted molar refractivity (Wildman–Crippen MR) is 99.3 cm³/mol. The van der Waals surface area contributed by atoms with E-state index in [-0.39, 0.29) is 12.6 Å². The lowest BCUT2D eigenvalue weighted by Crippen LogP contribution is -2.40. The molecule has 9 heteroatoms. The molecule has 0 radical (unpaired) electrons. The summed E-state index contributed by atoms with van der Waals surface area (Å²) in [4.78, 5) is 30.6. The molecule has 0 bridgehead atoms. The number of carbonyl (C=O) groups is 1. The van der Waals surface area contributed by atoms with Crippen LogP contribution in [0.3, 0.4) is 0 Å². The molecule has 1 amide bonds. The molecule has 3 aromatic rings. The number of aromatic nitrogens is 4. The van der Waals surface area contributed by atoms with Gasteiger partial charge < -0.3 is 19.9 Å². The lowest BCUT2D eigenvalue weighted by molar-refractivity contribution is 0.0841. The van der Waals surface area contributed by atoms with Crippen molar-refractivity contribution in [1.29, 1.82) is 5.26 Å². The summed E-state index contributed by atoms with van der Waals surface area (Å²) in [7, 11) is 0. The Morgan fingerprint density at radius 2 is 2.26 bits per heavy atom. The van der Waals surface area contributed by atoms with E-state index in [4.69, 9.17) is 15.0 Å². The molecule has 4 heterocycles. The number of piperidine rings is 1. The number of amides is 1. The molecule has 0 atom stereocenters. The van der Waals surface area contributed by atoms with Crippen LogP contribution in [-0.2, 0) is 4.74 Å². The predicted octanol–water partition coefficient (Wildman–Crippen LogP) is 2.03. The maximum atomic E-state index is 11.6. The number of aromatic amines is 1. The summed E-state index contributed by atoms with van der Waals surface area (Å²) in [6, 6.07) is 3.85. The van der Waals surface area contributed by atoms with E-state index in [9.17, 15) is 4.79 Å². The molecule has 1 fully saturated rings. The maximum absolute atomic E-state index is 11.6. The normalized spacial score (nSPS) is 15.0. The van der Waals surface area contributed by atoms with Crippen LogP contribution in [0.1, 0.15) is 18.7 Å². The number of ether oxygens (including phenoxy) is 1. The fourth-order valence-corrected chi connectivity index (χ4v) is 3.44. The zero-order chi connectivity index (χ0) is 18.8. The minimum absolute atomic E-state index is 0.0510. The zero-order valence-corrected chi connectivity index (χ0v) is 14.9. The molecule has 1 aliphatic rings. The number of carbonyl (C=O) groups excluding carboxylic acids is 1. The molecular weight excluding hydrogens is 346 g/mol. The Labute approximate surface area is 155 Å². The van der Waals surface area contributed by atoms with Gasteiger partial charge in [-0.2, -0.15) is 5.26 Å². The van der Waals surface area contributed by atoms with E-state index in [2.05, 4.69) is 25.2 Å². The number of H-pyrrole nitrogens is 1. The SMILES string of the molecule is Cc1nc(N2CCC(OC(=O)NCC#N)CC2)c2c(cnc3[nH]ccc32)n1. The summed E-state index contributed by atoms with van der Waals surface area (Å²) < 4.78 is 5.37. The Morgan fingerprint density at radius 1 is 1.44 bits per heavy atom. The van der Waals surface area contributed by atoms with Crippen molar-refractivity contribution in [3.63, 3.8) is 0 Å². The number of fused-ring (bicyclic) bond motifs is 3. The molecule has 27 heavy (non-hydrogen) atoms. The third-order valence-electron chi connectivity index (χ3n) is 4.67. The number of nitrogens with one attached hydrogen (secondary N) is 2. The average Bonchev–Trinajstić information content (AvgIpc) is 3.15. The summed E-state index contributed by atoms with van der Waals surface area (Å²) >= 11 is 0. The van der Waals surface area contributed by atoms with Gasteiger partial charge >= 0.3 is 6.09 Å². The Balaban J connectivity index is 1.56. The first-order valence-corrected chi connectivity index (χ1v) is 8.82. The number of nitrogens with zero attached hydrogens (tertiary/aromatic N) is 5. The highest BCUT2D eigenvalue weighted by molar-refractivity contribution is 6.09. The molecule has 2 N–H and O–H groups in total. The summed E-state index contributed by atoms with van der Waals surface area (Å²) in [6.07, 6.45) is 4.32. The first-order valence-electron chi connectivity index (χ1n) is 8.82. The van der Waals surface area contributed by atoms with Crippen LogP contribution in [0.5, 0.6) is 0 Å². The van der Waals surface area contributed by atoms with Gasteiger partial charge in [0.15, 0.2) is 0 Å². The summed E-state index contributed by atoms with van der Waals surface area (Å²) in [5, 5.41) is 12.9. The second kappa shape index (κ2) is 7.07. The third kappa shape index (κ3) is 3.33. The van der Waals surface area contributed by atoms with E-state index in [1.54, 1.807) is 6.20 Å². The third-order valence-corrected chi connectivity index (χ3v) is 4.67. The highest BCUT2D eigenvalue weighted by atomic mass is 16.6. The highest BCUT2D eigenvalue weighted by Crippen LogP contribution is 2.31. The highest BCUT2D eigenvalue weighted by Gasteiger charge is 2.25. The summed E-state index contributed by atoms with van der Waals surface area (Å²) in [6.45, 7) is 3.26. The molecular formula is C18H19N7O2. The number of nitriles is 1. The number of aryl methyl sites for hydroxylation is 1. The second-order valence-electron chi connectivity index (χ2n) is 6.46. The molecule has 0 aliphatic carbocycles. The molecule has 4 rings (SSSR count). The van der Waals surface area contributed by atoms with Crippen LogP contribution < -0.4 is 10.2 Å². The van der Waals surface area contributed by atoms with Gasteiger partial charge in [-0.05, 0) is 13.0 Å². The van der Waals surface area contributed by atoms with Crippen LogP contribution >= 0.6 is 0 Å². The average molecular weight is 365 g/mol. The molecule has 1 aliphatic heterocycles. The molecule has 0 spiro atoms. The number of hydrogen-bond acceptors (Lipinski definition) is 7. The zero-order valence-electron chi connectivity index (χ0n) is 14.9. The van der Waals surface area contributed by atoms with Crippen molar-refractivity contribution >= 4 is 33.8 Å². The van der Waals surface area contributed by atoms with E-state index < -0.39 is 6.09 Å². The van der Waals surface area contributed by atoms with Gasteiger partial charge in [0.25, 0.3) is 0 Å². The fraction of sp³-hybridized carbons (Fsp3) is 0.389. The van der Waals surface area contributed by atoms with Crippen LogP contribution in [0, 0.1) is 18.3 Å². The molecule has 0 saturated carbocycles. The quantitative estimate of drug-likeness (QED) is 0.681. The van der Waals surface area contributed by atoms with Gasteiger partial charge in [-0.25, -0.2) is 19.7 Å². The van der Waals surface area contributed by atoms with Gasteiger partial charge in [0.05, 0.1) is 23.2 Å². The van der Waals surface area contributed by atoms with Crippen molar-refractivity contribution in [1.82, 2.24) is 25.3 Å². The van der Waals surface area contributed by atoms with E-state index in [0.29, 0.717) is 18.7 Å². The Hall–Kier alpha value is -3.41. The number of pyridine rings is 1. The molecule has 138 valence electrons. The van der Waals surface area contributed by atoms with Crippen molar-refractivity contribution < 1.29 is 9.53 Å². The molecule has 1 saturated heterocycles. The van der Waals surface area contributed by atoms with Crippen LogP contribution in [0.15, 0.2) is 18.5 Å². The largest absolute Gasteiger partial charge is 0.446 e. The smallest absolute Gasteiger partial charge is 0.408 e. The van der Waals surface area contributed by atoms with Crippen LogP contribution in [0.25, 0.3) is 21.9 Å². The van der Waals surface area contributed by atoms with Gasteiger partial charge in [-0.1, -0.05) is 0 Å². The number of hydrogen-bond donors (Lipinski definition) is 2. The lowest BCUT2D eigenvalue weighted by Gasteiger charge is -2.33. The van der Waals surface area contributed by atoms with Crippen molar-refractivity contribution in [3.05, 3.63) is 24.3 Å². The maximum Gasteiger partial charge on any atom is 0.408 e. The molecule has 9 nitrogen and oxygen atoms in total. The lowest BCUT2D eigenvalue weighted by atomic mass is 10.1. The van der Waals surface area contributed by atoms with E-state index in [1.807, 2.05) is 25.3 Å². The second-order valence-corrected chi connectivity index (χ2v) is 6.46.